The first-order valence-electron chi connectivity index (χ1n) is 5.61. The monoisotopic (exact) mass is 240 g/mol. The lowest BCUT2D eigenvalue weighted by molar-refractivity contribution is 0.0443. The summed E-state index contributed by atoms with van der Waals surface area (Å²) in [6.45, 7) is 4.90. The maximum Gasteiger partial charge on any atom is 0.227 e. The van der Waals surface area contributed by atoms with Gasteiger partial charge in [0.25, 0.3) is 0 Å². The van der Waals surface area contributed by atoms with Crippen LogP contribution in [0.5, 0.6) is 0 Å². The normalized spacial score (nSPS) is 28.5. The molecule has 1 saturated heterocycles. The van der Waals surface area contributed by atoms with E-state index in [1.807, 2.05) is 11.8 Å². The van der Waals surface area contributed by atoms with Gasteiger partial charge in [-0.1, -0.05) is 6.92 Å². The van der Waals surface area contributed by atoms with Crippen LogP contribution in [0.1, 0.15) is 13.8 Å². The van der Waals surface area contributed by atoms with Crippen LogP contribution >= 0.6 is 0 Å². The summed E-state index contributed by atoms with van der Waals surface area (Å²) in [5.41, 5.74) is -0.752. The SMILES string of the molecule is CNc1nc(N2C[C@@H](C)[C@@](C)(O)C2)ncc1F. The zero-order valence-corrected chi connectivity index (χ0v) is 10.2. The van der Waals surface area contributed by atoms with E-state index in [0.717, 1.165) is 6.20 Å². The van der Waals surface area contributed by atoms with Gasteiger partial charge in [-0.25, -0.2) is 9.37 Å². The third-order valence-electron chi connectivity index (χ3n) is 3.32. The van der Waals surface area contributed by atoms with Crippen molar-refractivity contribution in [3.8, 4) is 0 Å². The molecule has 1 aromatic heterocycles. The van der Waals surface area contributed by atoms with E-state index < -0.39 is 11.4 Å². The van der Waals surface area contributed by atoms with Crippen molar-refractivity contribution >= 4 is 11.8 Å². The van der Waals surface area contributed by atoms with E-state index in [1.54, 1.807) is 14.0 Å². The molecule has 6 heteroatoms. The molecule has 0 amide bonds. The molecule has 1 aliphatic heterocycles. The van der Waals surface area contributed by atoms with Crippen molar-refractivity contribution in [2.45, 2.75) is 19.4 Å². The highest BCUT2D eigenvalue weighted by atomic mass is 19.1. The van der Waals surface area contributed by atoms with Crippen molar-refractivity contribution in [2.75, 3.05) is 30.4 Å². The number of nitrogens with zero attached hydrogens (tertiary/aromatic N) is 3. The van der Waals surface area contributed by atoms with Crippen LogP contribution in [-0.2, 0) is 0 Å². The van der Waals surface area contributed by atoms with E-state index in [9.17, 15) is 9.50 Å². The summed E-state index contributed by atoms with van der Waals surface area (Å²) in [5.74, 6) is 0.277. The molecule has 94 valence electrons. The number of halogens is 1. The lowest BCUT2D eigenvalue weighted by Gasteiger charge is -2.20. The molecule has 0 saturated carbocycles. The molecule has 0 bridgehead atoms. The minimum absolute atomic E-state index is 0.134. The number of rotatable bonds is 2. The van der Waals surface area contributed by atoms with Crippen molar-refractivity contribution in [1.29, 1.82) is 0 Å². The Balaban J connectivity index is 2.25. The van der Waals surface area contributed by atoms with Crippen molar-refractivity contribution in [2.24, 2.45) is 5.92 Å². The van der Waals surface area contributed by atoms with E-state index in [1.165, 1.54) is 0 Å². The average Bonchev–Trinajstić information content (AvgIpc) is 2.54. The van der Waals surface area contributed by atoms with Gasteiger partial charge in [-0.3, -0.25) is 0 Å². The highest BCUT2D eigenvalue weighted by molar-refractivity contribution is 5.43. The Kier molecular flexibility index (Phi) is 2.91. The maximum atomic E-state index is 13.2. The molecular formula is C11H17FN4O. The second kappa shape index (κ2) is 4.10. The molecule has 2 rings (SSSR count). The second-order valence-electron chi connectivity index (χ2n) is 4.76. The van der Waals surface area contributed by atoms with Gasteiger partial charge in [-0.2, -0.15) is 4.98 Å². The Morgan fingerprint density at radius 1 is 1.65 bits per heavy atom. The smallest absolute Gasteiger partial charge is 0.227 e. The maximum absolute atomic E-state index is 13.2. The predicted octanol–water partition coefficient (Wildman–Crippen LogP) is 0.864. The fourth-order valence-corrected chi connectivity index (χ4v) is 1.97. The van der Waals surface area contributed by atoms with Gasteiger partial charge in [0.1, 0.15) is 0 Å². The summed E-state index contributed by atoms with van der Waals surface area (Å²) in [4.78, 5) is 9.91. The number of anilines is 2. The molecule has 0 unspecified atom stereocenters. The Morgan fingerprint density at radius 3 is 2.88 bits per heavy atom. The fourth-order valence-electron chi connectivity index (χ4n) is 1.97. The van der Waals surface area contributed by atoms with E-state index in [2.05, 4.69) is 15.3 Å². The van der Waals surface area contributed by atoms with Gasteiger partial charge in [0.2, 0.25) is 5.95 Å². The molecule has 17 heavy (non-hydrogen) atoms. The largest absolute Gasteiger partial charge is 0.388 e. The molecule has 1 fully saturated rings. The van der Waals surface area contributed by atoms with E-state index in [4.69, 9.17) is 0 Å². The number of hydrogen-bond acceptors (Lipinski definition) is 5. The molecule has 0 aromatic carbocycles. The van der Waals surface area contributed by atoms with Crippen LogP contribution in [0.15, 0.2) is 6.20 Å². The highest BCUT2D eigenvalue weighted by Crippen LogP contribution is 2.29. The van der Waals surface area contributed by atoms with Crippen LogP contribution in [0.2, 0.25) is 0 Å². The Bertz CT molecular complexity index is 424. The molecule has 0 aliphatic carbocycles. The Labute approximate surface area is 99.7 Å². The molecular weight excluding hydrogens is 223 g/mol. The summed E-state index contributed by atoms with van der Waals surface area (Å²) < 4.78 is 13.2. The zero-order chi connectivity index (χ0) is 12.6. The molecule has 1 aliphatic rings. The fraction of sp³-hybridized carbons (Fsp3) is 0.636. The third kappa shape index (κ3) is 2.17. The summed E-state index contributed by atoms with van der Waals surface area (Å²) >= 11 is 0. The van der Waals surface area contributed by atoms with Crippen LogP contribution in [-0.4, -0.2) is 40.8 Å². The Morgan fingerprint density at radius 2 is 2.35 bits per heavy atom. The standard InChI is InChI=1S/C11H17FN4O/c1-7-5-16(6-11(7,2)17)10-14-4-8(12)9(13-3)15-10/h4,7,17H,5-6H2,1-3H3,(H,13,14,15)/t7-,11+/m1/s1. The minimum atomic E-state index is -0.752. The predicted molar refractivity (Wildman–Crippen MR) is 63.5 cm³/mol. The molecule has 0 spiro atoms. The summed E-state index contributed by atoms with van der Waals surface area (Å²) in [7, 11) is 1.61. The van der Waals surface area contributed by atoms with Gasteiger partial charge in [-0.05, 0) is 6.92 Å². The van der Waals surface area contributed by atoms with Gasteiger partial charge in [0, 0.05) is 26.1 Å². The molecule has 2 heterocycles. The first-order chi connectivity index (χ1) is 7.94. The molecule has 2 atom stereocenters. The lowest BCUT2D eigenvalue weighted by Crippen LogP contribution is -2.33. The molecule has 1 aromatic rings. The third-order valence-corrected chi connectivity index (χ3v) is 3.32. The second-order valence-corrected chi connectivity index (χ2v) is 4.76. The highest BCUT2D eigenvalue weighted by Gasteiger charge is 2.39. The molecule has 5 nitrogen and oxygen atoms in total. The van der Waals surface area contributed by atoms with Gasteiger partial charge < -0.3 is 15.3 Å². The van der Waals surface area contributed by atoms with Crippen molar-refractivity contribution in [1.82, 2.24) is 9.97 Å². The number of β-amino-alcohol motifs (C(OH)–C–C–N with tert-alkyl or cyclic N) is 1. The minimum Gasteiger partial charge on any atom is -0.388 e. The van der Waals surface area contributed by atoms with Gasteiger partial charge in [-0.15, -0.1) is 0 Å². The summed E-state index contributed by atoms with van der Waals surface area (Å²) in [5, 5.41) is 12.8. The van der Waals surface area contributed by atoms with Crippen LogP contribution in [0, 0.1) is 11.7 Å². The van der Waals surface area contributed by atoms with Crippen molar-refractivity contribution < 1.29 is 9.50 Å². The number of aliphatic hydroxyl groups is 1. The van der Waals surface area contributed by atoms with Gasteiger partial charge in [0.05, 0.1) is 11.8 Å². The number of nitrogens with one attached hydrogen (secondary N) is 1. The quantitative estimate of drug-likeness (QED) is 0.803. The first kappa shape index (κ1) is 12.0. The van der Waals surface area contributed by atoms with E-state index in [0.29, 0.717) is 19.0 Å². The Hall–Kier alpha value is -1.43. The topological polar surface area (TPSA) is 61.3 Å². The van der Waals surface area contributed by atoms with Crippen LogP contribution in [0.4, 0.5) is 16.2 Å². The van der Waals surface area contributed by atoms with Crippen LogP contribution in [0.25, 0.3) is 0 Å². The van der Waals surface area contributed by atoms with Gasteiger partial charge >= 0.3 is 0 Å². The van der Waals surface area contributed by atoms with Gasteiger partial charge in [0.15, 0.2) is 11.6 Å². The first-order valence-corrected chi connectivity index (χ1v) is 5.61. The van der Waals surface area contributed by atoms with Crippen LogP contribution in [0.3, 0.4) is 0 Å². The lowest BCUT2D eigenvalue weighted by atomic mass is 9.95. The molecule has 0 radical (unpaired) electrons. The van der Waals surface area contributed by atoms with E-state index in [-0.39, 0.29) is 11.7 Å². The zero-order valence-electron chi connectivity index (χ0n) is 10.2. The van der Waals surface area contributed by atoms with Crippen LogP contribution < -0.4 is 10.2 Å². The number of aromatic nitrogens is 2. The van der Waals surface area contributed by atoms with Crippen molar-refractivity contribution in [3.63, 3.8) is 0 Å². The summed E-state index contributed by atoms with van der Waals surface area (Å²) in [6, 6.07) is 0. The number of hydrogen-bond donors (Lipinski definition) is 2. The molecule has 2 N–H and O–H groups in total. The van der Waals surface area contributed by atoms with Crippen molar-refractivity contribution in [3.05, 3.63) is 12.0 Å². The van der Waals surface area contributed by atoms with E-state index >= 15 is 0 Å². The summed E-state index contributed by atoms with van der Waals surface area (Å²) in [6.07, 6.45) is 1.14. The average molecular weight is 240 g/mol.